The van der Waals surface area contributed by atoms with Crippen LogP contribution in [-0.4, -0.2) is 12.2 Å². The van der Waals surface area contributed by atoms with Crippen LogP contribution < -0.4 is 5.73 Å². The largest absolute Gasteiger partial charge is 0.434 e. The molecular formula is C9H7F6N. The summed E-state index contributed by atoms with van der Waals surface area (Å²) >= 11 is 0. The first-order valence-corrected chi connectivity index (χ1v) is 4.08. The lowest BCUT2D eigenvalue weighted by atomic mass is 9.93. The third kappa shape index (κ3) is 1.87. The van der Waals surface area contributed by atoms with Crippen molar-refractivity contribution in [2.75, 3.05) is 0 Å². The minimum Gasteiger partial charge on any atom is -0.269 e. The van der Waals surface area contributed by atoms with Crippen molar-refractivity contribution in [3.05, 3.63) is 35.9 Å². The van der Waals surface area contributed by atoms with Crippen LogP contribution in [-0.2, 0) is 5.67 Å². The van der Waals surface area contributed by atoms with Crippen LogP contribution in [0.5, 0.6) is 0 Å². The fraction of sp³-hybridized carbons (Fsp3) is 0.333. The van der Waals surface area contributed by atoms with Gasteiger partial charge in [-0.1, -0.05) is 30.3 Å². The summed E-state index contributed by atoms with van der Waals surface area (Å²) in [5.74, 6) is 0. The maximum absolute atomic E-state index is 13.5. The molecule has 0 aromatic heterocycles. The molecule has 0 aliphatic heterocycles. The van der Waals surface area contributed by atoms with Gasteiger partial charge in [0, 0.05) is 5.56 Å². The second kappa shape index (κ2) is 3.65. The summed E-state index contributed by atoms with van der Waals surface area (Å²) < 4.78 is 75.9. The molecule has 0 fully saturated rings. The van der Waals surface area contributed by atoms with Crippen LogP contribution >= 0.6 is 0 Å². The van der Waals surface area contributed by atoms with E-state index in [0.717, 1.165) is 12.1 Å². The third-order valence-corrected chi connectivity index (χ3v) is 2.02. The highest BCUT2D eigenvalue weighted by molar-refractivity contribution is 5.27. The molecule has 2 N–H and O–H groups in total. The summed E-state index contributed by atoms with van der Waals surface area (Å²) in [6.07, 6.45) is -5.80. The Kier molecular flexibility index (Phi) is 2.93. The number of nitrogens with two attached hydrogens (primary N) is 1. The first kappa shape index (κ1) is 12.8. The Morgan fingerprint density at radius 2 is 1.25 bits per heavy atom. The molecule has 0 saturated heterocycles. The summed E-state index contributed by atoms with van der Waals surface area (Å²) in [5.41, 5.74) is -2.11. The molecule has 1 nitrogen and oxygen atoms in total. The number of rotatable bonds is 2. The second-order valence-electron chi connectivity index (χ2n) is 3.15. The molecule has 0 aliphatic carbocycles. The highest BCUT2D eigenvalue weighted by atomic mass is 19.4. The van der Waals surface area contributed by atoms with Gasteiger partial charge in [0.1, 0.15) is 0 Å². The van der Waals surface area contributed by atoms with Crippen LogP contribution in [0.3, 0.4) is 0 Å². The maximum atomic E-state index is 13.5. The van der Waals surface area contributed by atoms with E-state index in [1.807, 2.05) is 0 Å². The fourth-order valence-electron chi connectivity index (χ4n) is 1.21. The zero-order valence-corrected chi connectivity index (χ0v) is 7.73. The Labute approximate surface area is 86.9 Å². The van der Waals surface area contributed by atoms with Gasteiger partial charge in [0.15, 0.2) is 0 Å². The second-order valence-corrected chi connectivity index (χ2v) is 3.15. The topological polar surface area (TPSA) is 26.0 Å². The van der Waals surface area contributed by atoms with E-state index in [9.17, 15) is 26.3 Å². The van der Waals surface area contributed by atoms with E-state index >= 15 is 0 Å². The minimum absolute atomic E-state index is 0.605. The van der Waals surface area contributed by atoms with E-state index in [1.54, 1.807) is 0 Å². The molecule has 1 unspecified atom stereocenters. The predicted octanol–water partition coefficient (Wildman–Crippen LogP) is 2.97. The van der Waals surface area contributed by atoms with Crippen LogP contribution in [0.15, 0.2) is 30.3 Å². The monoisotopic (exact) mass is 243 g/mol. The summed E-state index contributed by atoms with van der Waals surface area (Å²) in [6, 6.07) is -0.535. The first-order valence-electron chi connectivity index (χ1n) is 4.08. The van der Waals surface area contributed by atoms with Gasteiger partial charge in [-0.15, -0.1) is 0 Å². The van der Waals surface area contributed by atoms with Crippen molar-refractivity contribution >= 4 is 0 Å². The fourth-order valence-corrected chi connectivity index (χ4v) is 1.21. The van der Waals surface area contributed by atoms with Gasteiger partial charge in [-0.05, 0) is 0 Å². The van der Waals surface area contributed by atoms with Crippen molar-refractivity contribution in [3.8, 4) is 0 Å². The molecule has 0 heterocycles. The van der Waals surface area contributed by atoms with Crippen molar-refractivity contribution in [2.45, 2.75) is 17.9 Å². The Morgan fingerprint density at radius 3 is 1.56 bits per heavy atom. The molecule has 1 rings (SSSR count). The van der Waals surface area contributed by atoms with Gasteiger partial charge in [0.25, 0.3) is 0 Å². The SMILES string of the molecule is NC(F)(F)C(F)(c1ccccc1)C(F)(F)F. The molecule has 7 heteroatoms. The van der Waals surface area contributed by atoms with E-state index < -0.39 is 23.5 Å². The molecule has 0 radical (unpaired) electrons. The number of halogens is 6. The van der Waals surface area contributed by atoms with Crippen LogP contribution in [0.2, 0.25) is 0 Å². The van der Waals surface area contributed by atoms with Crippen molar-refractivity contribution in [3.63, 3.8) is 0 Å². The molecule has 0 saturated carbocycles. The van der Waals surface area contributed by atoms with Crippen LogP contribution in [0.25, 0.3) is 0 Å². The Hall–Kier alpha value is -1.24. The highest BCUT2D eigenvalue weighted by Crippen LogP contribution is 2.50. The lowest BCUT2D eigenvalue weighted by Crippen LogP contribution is -2.57. The van der Waals surface area contributed by atoms with Gasteiger partial charge in [-0.25, -0.2) is 4.39 Å². The summed E-state index contributed by atoms with van der Waals surface area (Å²) in [5, 5.41) is 0. The van der Waals surface area contributed by atoms with Crippen LogP contribution in [0.1, 0.15) is 5.56 Å². The Morgan fingerprint density at radius 1 is 0.812 bits per heavy atom. The molecular weight excluding hydrogens is 236 g/mol. The average Bonchev–Trinajstić information content (AvgIpc) is 2.14. The van der Waals surface area contributed by atoms with E-state index in [2.05, 4.69) is 5.73 Å². The van der Waals surface area contributed by atoms with Crippen molar-refractivity contribution in [1.82, 2.24) is 0 Å². The van der Waals surface area contributed by atoms with Gasteiger partial charge in [-0.2, -0.15) is 22.0 Å². The molecule has 0 aliphatic rings. The normalized spacial score (nSPS) is 16.9. The molecule has 0 spiro atoms. The maximum Gasteiger partial charge on any atom is 0.434 e. The first-order chi connectivity index (χ1) is 7.11. The van der Waals surface area contributed by atoms with Gasteiger partial charge in [0.2, 0.25) is 0 Å². The zero-order chi connectivity index (χ0) is 12.6. The molecule has 1 aromatic rings. The zero-order valence-electron chi connectivity index (χ0n) is 7.73. The minimum atomic E-state index is -5.80. The van der Waals surface area contributed by atoms with Gasteiger partial charge >= 0.3 is 17.9 Å². The van der Waals surface area contributed by atoms with Crippen molar-refractivity contribution in [1.29, 1.82) is 0 Å². The predicted molar refractivity (Wildman–Crippen MR) is 44.4 cm³/mol. The van der Waals surface area contributed by atoms with Gasteiger partial charge < -0.3 is 0 Å². The van der Waals surface area contributed by atoms with E-state index in [4.69, 9.17) is 0 Å². The van der Waals surface area contributed by atoms with Crippen molar-refractivity contribution in [2.24, 2.45) is 5.73 Å². The van der Waals surface area contributed by atoms with E-state index in [1.165, 1.54) is 6.07 Å². The van der Waals surface area contributed by atoms with Crippen molar-refractivity contribution < 1.29 is 26.3 Å². The quantitative estimate of drug-likeness (QED) is 0.627. The standard InChI is InChI=1S/C9H7F6N/c10-7(8(11,12)13,9(14,15)16)6-4-2-1-3-5-6/h1-5H,16H2. The van der Waals surface area contributed by atoms with Gasteiger partial charge in [-0.3, -0.25) is 5.73 Å². The summed E-state index contributed by atoms with van der Waals surface area (Å²) in [7, 11) is 0. The number of hydrogen-bond acceptors (Lipinski definition) is 1. The molecule has 16 heavy (non-hydrogen) atoms. The number of hydrogen-bond donors (Lipinski definition) is 1. The lowest BCUT2D eigenvalue weighted by Gasteiger charge is -2.32. The summed E-state index contributed by atoms with van der Waals surface area (Å²) in [6.45, 7) is 0. The Bertz CT molecular complexity index is 339. The van der Waals surface area contributed by atoms with Gasteiger partial charge in [0.05, 0.1) is 0 Å². The third-order valence-electron chi connectivity index (χ3n) is 2.02. The van der Waals surface area contributed by atoms with E-state index in [0.29, 0.717) is 12.1 Å². The van der Waals surface area contributed by atoms with E-state index in [-0.39, 0.29) is 0 Å². The number of alkyl halides is 6. The highest BCUT2D eigenvalue weighted by Gasteiger charge is 2.70. The molecule has 90 valence electrons. The smallest absolute Gasteiger partial charge is 0.269 e. The molecule has 1 aromatic carbocycles. The van der Waals surface area contributed by atoms with Crippen LogP contribution in [0.4, 0.5) is 26.3 Å². The molecule has 1 atom stereocenters. The van der Waals surface area contributed by atoms with Crippen LogP contribution in [0, 0.1) is 0 Å². The molecule has 0 amide bonds. The average molecular weight is 243 g/mol. The summed E-state index contributed by atoms with van der Waals surface area (Å²) in [4.78, 5) is 0. The Balaban J connectivity index is 3.39. The molecule has 0 bridgehead atoms. The lowest BCUT2D eigenvalue weighted by molar-refractivity contribution is -0.308. The number of benzene rings is 1.